The molecule has 1 spiro atoms. The molecule has 3 aliphatic carbocycles. The molecule has 0 unspecified atom stereocenters. The molecule has 0 radical (unpaired) electrons. The lowest BCUT2D eigenvalue weighted by atomic mass is 9.49. The van der Waals surface area contributed by atoms with E-state index in [0.29, 0.717) is 115 Å². The number of aliphatic hydroxyl groups is 1. The van der Waals surface area contributed by atoms with Gasteiger partial charge in [0.1, 0.15) is 5.78 Å². The number of likely N-dealkylation sites (tertiary alicyclic amines) is 1. The van der Waals surface area contributed by atoms with Gasteiger partial charge >= 0.3 is 6.09 Å². The van der Waals surface area contributed by atoms with Gasteiger partial charge in [-0.15, -0.1) is 0 Å². The van der Waals surface area contributed by atoms with E-state index in [1.165, 1.54) is 12.8 Å². The molecule has 2 aliphatic heterocycles. The van der Waals surface area contributed by atoms with Crippen molar-refractivity contribution in [1.82, 2.24) is 9.80 Å². The van der Waals surface area contributed by atoms with Gasteiger partial charge in [0.05, 0.1) is 37.4 Å². The van der Waals surface area contributed by atoms with Crippen LogP contribution < -0.4 is 15.2 Å². The molecule has 0 aromatic heterocycles. The van der Waals surface area contributed by atoms with Crippen LogP contribution in [0.3, 0.4) is 0 Å². The van der Waals surface area contributed by atoms with Crippen LogP contribution in [0.5, 0.6) is 11.5 Å². The molecule has 4 atom stereocenters. The summed E-state index contributed by atoms with van der Waals surface area (Å²) in [4.78, 5) is 43.8. The molecule has 53 heavy (non-hydrogen) atoms. The lowest BCUT2D eigenvalue weighted by Gasteiger charge is -2.62. The van der Waals surface area contributed by atoms with Crippen LogP contribution in [0.25, 0.3) is 0 Å². The van der Waals surface area contributed by atoms with Crippen LogP contribution >= 0.6 is 0 Å². The minimum Gasteiger partial charge on any atom is -0.477 e. The standard InChI is InChI=1S/C41H63N3O9/c1-49-24-25-51-27-26-50-23-8-4-2-3-5-10-32(45)11-6-7-20-43(21-9-19-42)39(47)52-34-15-14-31-28-35-41(48)17-16-33(46)38-40(41,36(31)37(34)53-38)18-22-44(35)29-30-12-13-30/h14-15,30,35,38,48H,2-13,16-29,42H2,1H3/t35-,38+,40+,41-/m1/s1. The van der Waals surface area contributed by atoms with Crippen LogP contribution in [0.1, 0.15) is 107 Å². The lowest BCUT2D eigenvalue weighted by Crippen LogP contribution is -2.76. The molecule has 296 valence electrons. The Labute approximate surface area is 315 Å². The summed E-state index contributed by atoms with van der Waals surface area (Å²) >= 11 is 0. The number of benzene rings is 1. The van der Waals surface area contributed by atoms with Crippen LogP contribution in [-0.2, 0) is 35.6 Å². The van der Waals surface area contributed by atoms with Crippen molar-refractivity contribution in [3.8, 4) is 11.5 Å². The summed E-state index contributed by atoms with van der Waals surface area (Å²) in [5, 5.41) is 12.6. The van der Waals surface area contributed by atoms with E-state index in [1.807, 2.05) is 6.07 Å². The third-order valence-electron chi connectivity index (χ3n) is 12.3. The topological polar surface area (TPSA) is 150 Å². The zero-order chi connectivity index (χ0) is 37.3. The molecular formula is C41H63N3O9. The second-order valence-corrected chi connectivity index (χ2v) is 15.9. The highest BCUT2D eigenvalue weighted by Gasteiger charge is 2.73. The predicted molar refractivity (Wildman–Crippen MR) is 199 cm³/mol. The Balaban J connectivity index is 0.958. The summed E-state index contributed by atoms with van der Waals surface area (Å²) in [5.74, 6) is 1.73. The molecule has 2 saturated carbocycles. The maximum absolute atomic E-state index is 13.7. The van der Waals surface area contributed by atoms with Gasteiger partial charge < -0.3 is 39.4 Å². The molecule has 12 nitrogen and oxygen atoms in total. The van der Waals surface area contributed by atoms with E-state index in [9.17, 15) is 19.5 Å². The number of nitrogens with zero attached hydrogens (tertiary/aromatic N) is 2. The average Bonchev–Trinajstić information content (AvgIpc) is 3.90. The van der Waals surface area contributed by atoms with E-state index >= 15 is 0 Å². The third-order valence-corrected chi connectivity index (χ3v) is 12.3. The maximum Gasteiger partial charge on any atom is 0.415 e. The minimum atomic E-state index is -1.07. The number of piperidine rings is 1. The average molecular weight is 742 g/mol. The number of hydrogen-bond donors (Lipinski definition) is 2. The van der Waals surface area contributed by atoms with E-state index in [-0.39, 0.29) is 24.0 Å². The number of nitrogens with two attached hydrogens (primary N) is 1. The molecule has 6 rings (SSSR count). The lowest BCUT2D eigenvalue weighted by molar-refractivity contribution is -0.188. The molecule has 12 heteroatoms. The van der Waals surface area contributed by atoms with Gasteiger partial charge in [0, 0.05) is 64.2 Å². The Morgan fingerprint density at radius 1 is 0.943 bits per heavy atom. The van der Waals surface area contributed by atoms with Gasteiger partial charge in [0.25, 0.3) is 0 Å². The quantitative estimate of drug-likeness (QED) is 0.134. The molecule has 3 N–H and O–H groups in total. The molecule has 1 saturated heterocycles. The van der Waals surface area contributed by atoms with Crippen LogP contribution in [0.4, 0.5) is 4.79 Å². The van der Waals surface area contributed by atoms with Gasteiger partial charge in [-0.3, -0.25) is 14.5 Å². The zero-order valence-electron chi connectivity index (χ0n) is 32.0. The largest absolute Gasteiger partial charge is 0.477 e. The molecule has 1 amide bonds. The minimum absolute atomic E-state index is 0.0157. The number of amides is 1. The van der Waals surface area contributed by atoms with Crippen molar-refractivity contribution in [2.24, 2.45) is 11.7 Å². The molecule has 1 aromatic carbocycles. The van der Waals surface area contributed by atoms with Crippen LogP contribution in [0.15, 0.2) is 12.1 Å². The van der Waals surface area contributed by atoms with Crippen molar-refractivity contribution in [1.29, 1.82) is 0 Å². The second-order valence-electron chi connectivity index (χ2n) is 15.9. The Bertz CT molecular complexity index is 1400. The number of carbonyl (C=O) groups is 3. The summed E-state index contributed by atoms with van der Waals surface area (Å²) in [6.07, 6.45) is 11.5. The highest BCUT2D eigenvalue weighted by Crippen LogP contribution is 2.65. The molecule has 3 fully saturated rings. The predicted octanol–water partition coefficient (Wildman–Crippen LogP) is 4.73. The first-order chi connectivity index (χ1) is 25.8. The summed E-state index contributed by atoms with van der Waals surface area (Å²) in [6, 6.07) is 3.75. The van der Waals surface area contributed by atoms with Crippen LogP contribution in [0.2, 0.25) is 0 Å². The highest BCUT2D eigenvalue weighted by molar-refractivity contribution is 5.90. The maximum atomic E-state index is 13.7. The summed E-state index contributed by atoms with van der Waals surface area (Å²) < 4.78 is 28.5. The van der Waals surface area contributed by atoms with Crippen molar-refractivity contribution < 1.29 is 43.2 Å². The first-order valence-corrected chi connectivity index (χ1v) is 20.5. The monoisotopic (exact) mass is 741 g/mol. The number of carbonyl (C=O) groups excluding carboxylic acids is 3. The fourth-order valence-electron chi connectivity index (χ4n) is 9.34. The number of rotatable bonds is 25. The van der Waals surface area contributed by atoms with E-state index in [1.54, 1.807) is 18.1 Å². The van der Waals surface area contributed by atoms with Gasteiger partial charge in [0.15, 0.2) is 23.4 Å². The van der Waals surface area contributed by atoms with E-state index in [4.69, 9.17) is 29.4 Å². The van der Waals surface area contributed by atoms with Gasteiger partial charge in [-0.1, -0.05) is 25.3 Å². The second kappa shape index (κ2) is 18.8. The summed E-state index contributed by atoms with van der Waals surface area (Å²) in [6.45, 7) is 6.27. The number of ether oxygens (including phenoxy) is 5. The van der Waals surface area contributed by atoms with E-state index in [2.05, 4.69) is 4.90 Å². The Morgan fingerprint density at radius 3 is 2.43 bits per heavy atom. The van der Waals surface area contributed by atoms with Crippen LogP contribution in [0, 0.1) is 5.92 Å². The zero-order valence-corrected chi connectivity index (χ0v) is 32.0. The van der Waals surface area contributed by atoms with Gasteiger partial charge in [-0.2, -0.15) is 0 Å². The SMILES string of the molecule is COCCOCCOCCCCCCCC(=O)CCCCN(CCCN)C(=O)Oc1ccc2c3c1O[C@H]1C(=O)CC[C@@]4(O)[C@@H](C2)N(CC2CC2)CC[C@]314. The van der Waals surface area contributed by atoms with Crippen LogP contribution in [-0.4, -0.2) is 123 Å². The van der Waals surface area contributed by atoms with Crippen molar-refractivity contribution >= 4 is 17.7 Å². The Morgan fingerprint density at radius 2 is 1.66 bits per heavy atom. The summed E-state index contributed by atoms with van der Waals surface area (Å²) in [5.41, 5.74) is 5.89. The molecule has 5 aliphatic rings. The molecule has 2 heterocycles. The molecular weight excluding hydrogens is 678 g/mol. The van der Waals surface area contributed by atoms with E-state index < -0.39 is 23.2 Å². The third kappa shape index (κ3) is 9.10. The number of methoxy groups -OCH3 is 1. The molecule has 1 aromatic rings. The number of hydrogen-bond acceptors (Lipinski definition) is 11. The fourth-order valence-corrected chi connectivity index (χ4v) is 9.34. The van der Waals surface area contributed by atoms with Gasteiger partial charge in [-0.25, -0.2) is 4.79 Å². The fraction of sp³-hybridized carbons (Fsp3) is 0.780. The Hall–Kier alpha value is -2.61. The van der Waals surface area contributed by atoms with E-state index in [0.717, 1.165) is 62.9 Å². The van der Waals surface area contributed by atoms with Gasteiger partial charge in [0.2, 0.25) is 0 Å². The highest BCUT2D eigenvalue weighted by atomic mass is 16.6. The smallest absolute Gasteiger partial charge is 0.415 e. The summed E-state index contributed by atoms with van der Waals surface area (Å²) in [7, 11) is 1.66. The van der Waals surface area contributed by atoms with Crippen molar-refractivity contribution in [3.63, 3.8) is 0 Å². The van der Waals surface area contributed by atoms with Gasteiger partial charge in [-0.05, 0) is 94.8 Å². The van der Waals surface area contributed by atoms with Crippen molar-refractivity contribution in [3.05, 3.63) is 23.3 Å². The number of unbranched alkanes of at least 4 members (excludes halogenated alkanes) is 5. The van der Waals surface area contributed by atoms with Crippen molar-refractivity contribution in [2.75, 3.05) is 72.9 Å². The first-order valence-electron chi connectivity index (χ1n) is 20.5. The van der Waals surface area contributed by atoms with Crippen molar-refractivity contribution in [2.45, 2.75) is 126 Å². The number of Topliss-reactive ketones (excluding diaryl/α,β-unsaturated/α-hetero) is 2. The normalized spacial score (nSPS) is 25.6. The first kappa shape index (κ1) is 40.1. The molecule has 2 bridgehead atoms. The Kier molecular flexibility index (Phi) is 14.2. The number of ketones is 2.